The van der Waals surface area contributed by atoms with Gasteiger partial charge < -0.3 is 16.4 Å². The topological polar surface area (TPSA) is 101 Å². The minimum atomic E-state index is -0.987. The molecule has 0 spiro atoms. The number of carbonyl (C=O) groups excluding carboxylic acids is 3. The molecule has 18 heavy (non-hydrogen) atoms. The Bertz CT molecular complexity index is 525. The summed E-state index contributed by atoms with van der Waals surface area (Å²) in [5, 5.41) is 5.16. The minimum absolute atomic E-state index is 0.0100. The van der Waals surface area contributed by atoms with Gasteiger partial charge in [0.1, 0.15) is 0 Å². The molecule has 0 saturated carbocycles. The Hall–Kier alpha value is -2.37. The second kappa shape index (κ2) is 4.87. The second-order valence-corrected chi connectivity index (χ2v) is 4.09. The third kappa shape index (κ3) is 2.65. The highest BCUT2D eigenvalue weighted by atomic mass is 16.2. The molecule has 6 heteroatoms. The van der Waals surface area contributed by atoms with Gasteiger partial charge in [0.2, 0.25) is 5.91 Å². The molecule has 1 aliphatic rings. The molecule has 0 saturated heterocycles. The van der Waals surface area contributed by atoms with Crippen molar-refractivity contribution in [3.05, 3.63) is 29.3 Å². The molecule has 0 radical (unpaired) electrons. The normalized spacial score (nSPS) is 12.8. The molecular weight excluding hydrogens is 234 g/mol. The number of rotatable bonds is 3. The summed E-state index contributed by atoms with van der Waals surface area (Å²) in [6.45, 7) is 0.335. The van der Waals surface area contributed by atoms with E-state index in [9.17, 15) is 14.4 Å². The largest absolute Gasteiger partial charge is 0.361 e. The lowest BCUT2D eigenvalue weighted by Gasteiger charge is -2.05. The van der Waals surface area contributed by atoms with Crippen LogP contribution in [0.2, 0.25) is 0 Å². The van der Waals surface area contributed by atoms with Crippen LogP contribution >= 0.6 is 0 Å². The summed E-state index contributed by atoms with van der Waals surface area (Å²) < 4.78 is 0. The van der Waals surface area contributed by atoms with Crippen LogP contribution in [-0.4, -0.2) is 24.3 Å². The first-order chi connectivity index (χ1) is 8.56. The van der Waals surface area contributed by atoms with E-state index in [1.54, 1.807) is 0 Å². The van der Waals surface area contributed by atoms with Crippen molar-refractivity contribution in [2.24, 2.45) is 5.73 Å². The summed E-state index contributed by atoms with van der Waals surface area (Å²) in [5.41, 5.74) is 7.60. The van der Waals surface area contributed by atoms with Crippen LogP contribution in [0.5, 0.6) is 0 Å². The third-order valence-corrected chi connectivity index (χ3v) is 2.72. The third-order valence-electron chi connectivity index (χ3n) is 2.72. The van der Waals surface area contributed by atoms with Gasteiger partial charge in [-0.2, -0.15) is 0 Å². The van der Waals surface area contributed by atoms with Crippen LogP contribution in [0.15, 0.2) is 18.2 Å². The van der Waals surface area contributed by atoms with Crippen molar-refractivity contribution in [2.45, 2.75) is 12.8 Å². The summed E-state index contributed by atoms with van der Waals surface area (Å²) in [5.74, 6) is -1.78. The zero-order chi connectivity index (χ0) is 13.1. The Labute approximate surface area is 104 Å². The van der Waals surface area contributed by atoms with Crippen LogP contribution in [0.4, 0.5) is 5.69 Å². The van der Waals surface area contributed by atoms with Crippen LogP contribution in [0, 0.1) is 0 Å². The van der Waals surface area contributed by atoms with Crippen LogP contribution in [0.25, 0.3) is 0 Å². The van der Waals surface area contributed by atoms with E-state index < -0.39 is 11.8 Å². The predicted molar refractivity (Wildman–Crippen MR) is 64.7 cm³/mol. The maximum absolute atomic E-state index is 11.2. The summed E-state index contributed by atoms with van der Waals surface area (Å²) in [6.07, 6.45) is 0.970. The first kappa shape index (κ1) is 12.1. The van der Waals surface area contributed by atoms with Crippen molar-refractivity contribution in [3.63, 3.8) is 0 Å². The fourth-order valence-electron chi connectivity index (χ4n) is 1.85. The van der Waals surface area contributed by atoms with E-state index in [0.29, 0.717) is 19.4 Å². The van der Waals surface area contributed by atoms with Crippen molar-refractivity contribution in [1.82, 2.24) is 5.32 Å². The summed E-state index contributed by atoms with van der Waals surface area (Å²) in [7, 11) is 0. The first-order valence-corrected chi connectivity index (χ1v) is 5.55. The van der Waals surface area contributed by atoms with Gasteiger partial charge in [0, 0.05) is 12.2 Å². The van der Waals surface area contributed by atoms with E-state index in [0.717, 1.165) is 16.8 Å². The maximum atomic E-state index is 11.2. The number of amides is 3. The number of anilines is 1. The smallest absolute Gasteiger partial charge is 0.309 e. The van der Waals surface area contributed by atoms with Gasteiger partial charge in [-0.05, 0) is 23.6 Å². The second-order valence-electron chi connectivity index (χ2n) is 4.09. The molecule has 6 nitrogen and oxygen atoms in total. The number of hydrogen-bond donors (Lipinski definition) is 3. The Morgan fingerprint density at radius 3 is 2.89 bits per heavy atom. The molecule has 94 valence electrons. The van der Waals surface area contributed by atoms with E-state index in [4.69, 9.17) is 5.73 Å². The average Bonchev–Trinajstić information content (AvgIpc) is 2.68. The zero-order valence-corrected chi connectivity index (χ0v) is 9.66. The Kier molecular flexibility index (Phi) is 3.27. The maximum Gasteiger partial charge on any atom is 0.309 e. The quantitative estimate of drug-likeness (QED) is 0.617. The molecular formula is C12H13N3O3. The number of hydrogen-bond acceptors (Lipinski definition) is 3. The van der Waals surface area contributed by atoms with E-state index in [1.165, 1.54) is 0 Å². The Morgan fingerprint density at radius 2 is 2.17 bits per heavy atom. The molecule has 3 amide bonds. The van der Waals surface area contributed by atoms with Gasteiger partial charge in [-0.1, -0.05) is 12.1 Å². The lowest BCUT2D eigenvalue weighted by Crippen LogP contribution is -2.37. The Morgan fingerprint density at radius 1 is 1.39 bits per heavy atom. The van der Waals surface area contributed by atoms with Crippen molar-refractivity contribution in [2.75, 3.05) is 11.9 Å². The standard InChI is InChI=1S/C12H13N3O3/c13-11(17)12(18)14-4-3-7-1-2-9-8(5-7)6-10(16)15-9/h1-2,5H,3-4,6H2,(H2,13,17)(H,14,18)(H,15,16). The van der Waals surface area contributed by atoms with Crippen molar-refractivity contribution in [3.8, 4) is 0 Å². The SMILES string of the molecule is NC(=O)C(=O)NCCc1ccc2c(c1)CC(=O)N2. The summed E-state index contributed by atoms with van der Waals surface area (Å²) >= 11 is 0. The molecule has 1 aliphatic heterocycles. The number of nitrogens with two attached hydrogens (primary N) is 1. The fraction of sp³-hybridized carbons (Fsp3) is 0.250. The Balaban J connectivity index is 1.92. The molecule has 2 rings (SSSR count). The monoisotopic (exact) mass is 247 g/mol. The lowest BCUT2D eigenvalue weighted by atomic mass is 10.1. The van der Waals surface area contributed by atoms with Crippen LogP contribution in [0.3, 0.4) is 0 Å². The van der Waals surface area contributed by atoms with Gasteiger partial charge in [0.05, 0.1) is 6.42 Å². The highest BCUT2D eigenvalue weighted by Gasteiger charge is 2.17. The van der Waals surface area contributed by atoms with Gasteiger partial charge >= 0.3 is 11.8 Å². The number of benzene rings is 1. The summed E-state index contributed by atoms with van der Waals surface area (Å²) in [6, 6.07) is 5.63. The van der Waals surface area contributed by atoms with Gasteiger partial charge in [-0.3, -0.25) is 14.4 Å². The molecule has 0 bridgehead atoms. The molecule has 0 fully saturated rings. The number of fused-ring (bicyclic) bond motifs is 1. The molecule has 1 aromatic rings. The molecule has 0 unspecified atom stereocenters. The number of carbonyl (C=O) groups is 3. The fourth-order valence-corrected chi connectivity index (χ4v) is 1.85. The predicted octanol–water partition coefficient (Wildman–Crippen LogP) is -0.675. The van der Waals surface area contributed by atoms with Crippen molar-refractivity contribution < 1.29 is 14.4 Å². The van der Waals surface area contributed by atoms with Gasteiger partial charge in [0.25, 0.3) is 0 Å². The van der Waals surface area contributed by atoms with Gasteiger partial charge in [0.15, 0.2) is 0 Å². The van der Waals surface area contributed by atoms with E-state index in [1.807, 2.05) is 18.2 Å². The molecule has 1 aromatic carbocycles. The van der Waals surface area contributed by atoms with Gasteiger partial charge in [-0.15, -0.1) is 0 Å². The lowest BCUT2D eigenvalue weighted by molar-refractivity contribution is -0.137. The molecule has 4 N–H and O–H groups in total. The van der Waals surface area contributed by atoms with Crippen molar-refractivity contribution in [1.29, 1.82) is 0 Å². The van der Waals surface area contributed by atoms with Crippen LogP contribution < -0.4 is 16.4 Å². The zero-order valence-electron chi connectivity index (χ0n) is 9.66. The van der Waals surface area contributed by atoms with E-state index in [2.05, 4.69) is 10.6 Å². The summed E-state index contributed by atoms with van der Waals surface area (Å²) in [4.78, 5) is 32.6. The molecule has 0 atom stereocenters. The van der Waals surface area contributed by atoms with E-state index >= 15 is 0 Å². The van der Waals surface area contributed by atoms with Gasteiger partial charge in [-0.25, -0.2) is 0 Å². The first-order valence-electron chi connectivity index (χ1n) is 5.55. The number of nitrogens with one attached hydrogen (secondary N) is 2. The average molecular weight is 247 g/mol. The molecule has 1 heterocycles. The molecule has 0 aromatic heterocycles. The molecule has 0 aliphatic carbocycles. The van der Waals surface area contributed by atoms with Crippen LogP contribution in [-0.2, 0) is 27.2 Å². The van der Waals surface area contributed by atoms with E-state index in [-0.39, 0.29) is 5.91 Å². The van der Waals surface area contributed by atoms with Crippen molar-refractivity contribution >= 4 is 23.4 Å². The highest BCUT2D eigenvalue weighted by Crippen LogP contribution is 2.23. The minimum Gasteiger partial charge on any atom is -0.361 e. The highest BCUT2D eigenvalue weighted by molar-refractivity contribution is 6.34. The number of primary amides is 1. The van der Waals surface area contributed by atoms with Crippen LogP contribution in [0.1, 0.15) is 11.1 Å².